The molecule has 0 aliphatic carbocycles. The summed E-state index contributed by atoms with van der Waals surface area (Å²) in [5.74, 6) is -0.564. The number of rotatable bonds is 10. The molecule has 0 aromatic heterocycles. The van der Waals surface area contributed by atoms with Crippen LogP contribution in [0.5, 0.6) is 0 Å². The molecule has 5 heteroatoms. The highest BCUT2D eigenvalue weighted by molar-refractivity contribution is 5.85. The molecule has 5 nitrogen and oxygen atoms in total. The molecule has 1 aliphatic rings. The Morgan fingerprint density at radius 2 is 1.95 bits per heavy atom. The van der Waals surface area contributed by atoms with Gasteiger partial charge in [-0.25, -0.2) is 4.79 Å². The molecule has 0 aromatic rings. The summed E-state index contributed by atoms with van der Waals surface area (Å²) < 4.78 is 9.99. The molecule has 1 amide bonds. The molecule has 0 radical (unpaired) electrons. The molecule has 0 unspecified atom stereocenters. The smallest absolute Gasteiger partial charge is 0.328 e. The van der Waals surface area contributed by atoms with Crippen LogP contribution in [-0.4, -0.2) is 38.2 Å². The van der Waals surface area contributed by atoms with Gasteiger partial charge in [-0.2, -0.15) is 0 Å². The minimum Gasteiger partial charge on any atom is -0.467 e. The van der Waals surface area contributed by atoms with Gasteiger partial charge in [-0.1, -0.05) is 45.4 Å². The quantitative estimate of drug-likeness (QED) is 0.497. The number of unbranched alkanes of at least 4 members (excludes halogenated alkanes) is 5. The second-order valence-electron chi connectivity index (χ2n) is 5.70. The third-order valence-electron chi connectivity index (χ3n) is 3.95. The van der Waals surface area contributed by atoms with Crippen molar-refractivity contribution in [3.63, 3.8) is 0 Å². The van der Waals surface area contributed by atoms with Crippen molar-refractivity contribution in [1.29, 1.82) is 0 Å². The average molecular weight is 299 g/mol. The van der Waals surface area contributed by atoms with Crippen LogP contribution < -0.4 is 5.32 Å². The number of hydrogen-bond acceptors (Lipinski definition) is 4. The van der Waals surface area contributed by atoms with Crippen molar-refractivity contribution in [1.82, 2.24) is 5.32 Å². The van der Waals surface area contributed by atoms with Crippen LogP contribution in [0.4, 0.5) is 0 Å². The number of amides is 1. The molecule has 122 valence electrons. The minimum atomic E-state index is -0.519. The maximum Gasteiger partial charge on any atom is 0.328 e. The van der Waals surface area contributed by atoms with E-state index in [2.05, 4.69) is 12.2 Å². The number of hydrogen-bond donors (Lipinski definition) is 1. The fraction of sp³-hybridized carbons (Fsp3) is 0.875. The summed E-state index contributed by atoms with van der Waals surface area (Å²) in [7, 11) is 1.36. The van der Waals surface area contributed by atoms with Crippen LogP contribution in [-0.2, 0) is 19.1 Å². The van der Waals surface area contributed by atoms with Crippen molar-refractivity contribution in [2.45, 2.75) is 64.3 Å². The van der Waals surface area contributed by atoms with Gasteiger partial charge in [0.15, 0.2) is 0 Å². The fourth-order valence-corrected chi connectivity index (χ4v) is 2.55. The van der Waals surface area contributed by atoms with Gasteiger partial charge in [0.05, 0.1) is 19.6 Å². The molecule has 1 N–H and O–H groups in total. The van der Waals surface area contributed by atoms with Gasteiger partial charge in [0.25, 0.3) is 0 Å². The zero-order valence-electron chi connectivity index (χ0n) is 13.4. The lowest BCUT2D eigenvalue weighted by Gasteiger charge is -2.18. The lowest BCUT2D eigenvalue weighted by Crippen LogP contribution is -2.44. The number of carbonyl (C=O) groups is 2. The van der Waals surface area contributed by atoms with Gasteiger partial charge in [-0.15, -0.1) is 0 Å². The molecule has 1 saturated heterocycles. The molecule has 1 rings (SSSR count). The SMILES string of the molecule is CCCCCCCC[C@H](NC(=O)[C@@H]1CCOC1)C(=O)OC. The van der Waals surface area contributed by atoms with E-state index >= 15 is 0 Å². The number of nitrogens with one attached hydrogen (secondary N) is 1. The van der Waals surface area contributed by atoms with E-state index in [1.54, 1.807) is 0 Å². The Bertz CT molecular complexity index is 313. The van der Waals surface area contributed by atoms with Crippen molar-refractivity contribution in [3.05, 3.63) is 0 Å². The van der Waals surface area contributed by atoms with Crippen LogP contribution >= 0.6 is 0 Å². The lowest BCUT2D eigenvalue weighted by molar-refractivity contribution is -0.145. The average Bonchev–Trinajstić information content (AvgIpc) is 3.03. The lowest BCUT2D eigenvalue weighted by atomic mass is 10.0. The summed E-state index contributed by atoms with van der Waals surface area (Å²) in [6.07, 6.45) is 8.33. The largest absolute Gasteiger partial charge is 0.467 e. The van der Waals surface area contributed by atoms with Crippen molar-refractivity contribution >= 4 is 11.9 Å². The highest BCUT2D eigenvalue weighted by Crippen LogP contribution is 2.14. The third kappa shape index (κ3) is 6.93. The van der Waals surface area contributed by atoms with Crippen LogP contribution in [0.25, 0.3) is 0 Å². The molecular formula is C16H29NO4. The summed E-state index contributed by atoms with van der Waals surface area (Å²) >= 11 is 0. The normalized spacial score (nSPS) is 19.2. The van der Waals surface area contributed by atoms with Gasteiger partial charge in [0.2, 0.25) is 5.91 Å². The number of carbonyl (C=O) groups excluding carboxylic acids is 2. The van der Waals surface area contributed by atoms with Gasteiger partial charge in [-0.05, 0) is 12.8 Å². The van der Waals surface area contributed by atoms with Gasteiger partial charge >= 0.3 is 5.97 Å². The van der Waals surface area contributed by atoms with Gasteiger partial charge < -0.3 is 14.8 Å². The molecule has 1 heterocycles. The molecular weight excluding hydrogens is 270 g/mol. The summed E-state index contributed by atoms with van der Waals surface area (Å²) in [4.78, 5) is 23.8. The third-order valence-corrected chi connectivity index (χ3v) is 3.95. The van der Waals surface area contributed by atoms with Gasteiger partial charge in [0, 0.05) is 6.61 Å². The van der Waals surface area contributed by atoms with E-state index in [-0.39, 0.29) is 17.8 Å². The predicted octanol–water partition coefficient (Wildman–Crippen LogP) is 2.43. The maximum absolute atomic E-state index is 12.1. The van der Waals surface area contributed by atoms with E-state index < -0.39 is 6.04 Å². The summed E-state index contributed by atoms with van der Waals surface area (Å²) in [5.41, 5.74) is 0. The zero-order chi connectivity index (χ0) is 15.5. The molecule has 1 aliphatic heterocycles. The maximum atomic E-state index is 12.1. The van der Waals surface area contributed by atoms with Crippen LogP contribution in [0, 0.1) is 5.92 Å². The van der Waals surface area contributed by atoms with Crippen molar-refractivity contribution in [3.8, 4) is 0 Å². The van der Waals surface area contributed by atoms with Crippen LogP contribution in [0.1, 0.15) is 58.3 Å². The number of methoxy groups -OCH3 is 1. The second-order valence-corrected chi connectivity index (χ2v) is 5.70. The molecule has 1 fully saturated rings. The first-order valence-corrected chi connectivity index (χ1v) is 8.15. The number of esters is 1. The van der Waals surface area contributed by atoms with E-state index in [4.69, 9.17) is 9.47 Å². The second kappa shape index (κ2) is 10.6. The first kappa shape index (κ1) is 18.0. The minimum absolute atomic E-state index is 0.0890. The summed E-state index contributed by atoms with van der Waals surface area (Å²) in [5, 5.41) is 2.82. The highest BCUT2D eigenvalue weighted by atomic mass is 16.5. The van der Waals surface area contributed by atoms with Gasteiger partial charge in [0.1, 0.15) is 6.04 Å². The fourth-order valence-electron chi connectivity index (χ4n) is 2.55. The predicted molar refractivity (Wildman–Crippen MR) is 80.9 cm³/mol. The zero-order valence-corrected chi connectivity index (χ0v) is 13.4. The highest BCUT2D eigenvalue weighted by Gasteiger charge is 2.28. The Balaban J connectivity index is 2.30. The van der Waals surface area contributed by atoms with E-state index in [0.717, 1.165) is 19.3 Å². The first-order valence-electron chi connectivity index (χ1n) is 8.15. The Kier molecular flexibility index (Phi) is 9.06. The summed E-state index contributed by atoms with van der Waals surface area (Å²) in [6.45, 7) is 3.27. The van der Waals surface area contributed by atoms with E-state index in [1.807, 2.05) is 0 Å². The van der Waals surface area contributed by atoms with Crippen LogP contribution in [0.15, 0.2) is 0 Å². The van der Waals surface area contributed by atoms with Crippen molar-refractivity contribution in [2.24, 2.45) is 5.92 Å². The molecule has 0 saturated carbocycles. The molecule has 0 spiro atoms. The Hall–Kier alpha value is -1.10. The number of ether oxygens (including phenoxy) is 2. The van der Waals surface area contributed by atoms with Crippen molar-refractivity contribution < 1.29 is 19.1 Å². The standard InChI is InChI=1S/C16H29NO4/c1-3-4-5-6-7-8-9-14(16(19)20-2)17-15(18)13-10-11-21-12-13/h13-14H,3-12H2,1-2H3,(H,17,18)/t13-,14+/m1/s1. The van der Waals surface area contributed by atoms with E-state index in [1.165, 1.54) is 32.8 Å². The Labute approximate surface area is 127 Å². The monoisotopic (exact) mass is 299 g/mol. The van der Waals surface area contributed by atoms with Crippen LogP contribution in [0.2, 0.25) is 0 Å². The molecule has 0 aromatic carbocycles. The van der Waals surface area contributed by atoms with E-state index in [9.17, 15) is 9.59 Å². The van der Waals surface area contributed by atoms with Crippen LogP contribution in [0.3, 0.4) is 0 Å². The molecule has 0 bridgehead atoms. The Morgan fingerprint density at radius 3 is 2.57 bits per heavy atom. The molecule has 21 heavy (non-hydrogen) atoms. The summed E-state index contributed by atoms with van der Waals surface area (Å²) in [6, 6.07) is -0.519. The molecule has 2 atom stereocenters. The van der Waals surface area contributed by atoms with E-state index in [0.29, 0.717) is 19.6 Å². The van der Waals surface area contributed by atoms with Crippen molar-refractivity contribution in [2.75, 3.05) is 20.3 Å². The Morgan fingerprint density at radius 1 is 1.24 bits per heavy atom. The van der Waals surface area contributed by atoms with Gasteiger partial charge in [-0.3, -0.25) is 4.79 Å². The topological polar surface area (TPSA) is 64.6 Å². The first-order chi connectivity index (χ1) is 10.2.